The molecule has 0 saturated carbocycles. The molecular weight excluding hydrogens is 604 g/mol. The highest BCUT2D eigenvalue weighted by Crippen LogP contribution is 2.48. The number of aliphatic hydroxyl groups is 1. The van der Waals surface area contributed by atoms with Crippen LogP contribution in [0.1, 0.15) is 54.0 Å². The standard InChI is InChI=1S/C33H52O13/c1-19(16-34)33(37-10)27-24(43-32(6,7)45-27)25(38-17-20-14-12-11-13-15-20)29(46-33)40-22(21-18-39-30(2,3)41-21)23-26(28(35-8)36-9)44-31(4,5)42-23/h11-15,19,21-29,34H,16-18H2,1-10H3/t19-,21-,22-,23+,24-,25-,26-,27-,29-,33+/m1/s1. The third kappa shape index (κ3) is 7.32. The molecule has 1 N–H and O–H groups in total. The zero-order valence-electron chi connectivity index (χ0n) is 28.6. The molecule has 13 heteroatoms. The van der Waals surface area contributed by atoms with Crippen LogP contribution in [0.15, 0.2) is 30.3 Å². The minimum atomic E-state index is -1.46. The molecule has 1 aromatic rings. The lowest BCUT2D eigenvalue weighted by Crippen LogP contribution is -2.69. The highest BCUT2D eigenvalue weighted by Gasteiger charge is 2.66. The lowest BCUT2D eigenvalue weighted by atomic mass is 9.87. The molecule has 0 spiro atoms. The molecule has 0 aliphatic carbocycles. The summed E-state index contributed by atoms with van der Waals surface area (Å²) in [6.45, 7) is 13.0. The van der Waals surface area contributed by atoms with Crippen LogP contribution in [0.4, 0.5) is 0 Å². The van der Waals surface area contributed by atoms with Crippen molar-refractivity contribution in [2.45, 2.75) is 134 Å². The van der Waals surface area contributed by atoms with E-state index in [9.17, 15) is 5.11 Å². The monoisotopic (exact) mass is 656 g/mol. The van der Waals surface area contributed by atoms with Crippen molar-refractivity contribution in [3.63, 3.8) is 0 Å². The predicted molar refractivity (Wildman–Crippen MR) is 161 cm³/mol. The molecule has 0 bridgehead atoms. The van der Waals surface area contributed by atoms with Gasteiger partial charge in [0.2, 0.25) is 5.79 Å². The number of fused-ring (bicyclic) bond motifs is 1. The first-order chi connectivity index (χ1) is 21.7. The highest BCUT2D eigenvalue weighted by atomic mass is 16.8. The minimum Gasteiger partial charge on any atom is -0.396 e. The molecule has 4 saturated heterocycles. The molecule has 13 nitrogen and oxygen atoms in total. The van der Waals surface area contributed by atoms with Gasteiger partial charge in [0.15, 0.2) is 29.9 Å². The molecule has 4 fully saturated rings. The fourth-order valence-electron chi connectivity index (χ4n) is 6.80. The molecule has 262 valence electrons. The maximum absolute atomic E-state index is 10.4. The Kier molecular flexibility index (Phi) is 10.9. The Bertz CT molecular complexity index is 1130. The molecule has 1 aromatic carbocycles. The van der Waals surface area contributed by atoms with Gasteiger partial charge in [-0.15, -0.1) is 0 Å². The minimum absolute atomic E-state index is 0.207. The van der Waals surface area contributed by atoms with Crippen LogP contribution in [0.5, 0.6) is 0 Å². The van der Waals surface area contributed by atoms with Gasteiger partial charge in [-0.1, -0.05) is 37.3 Å². The Morgan fingerprint density at radius 2 is 1.48 bits per heavy atom. The van der Waals surface area contributed by atoms with Crippen LogP contribution in [0.2, 0.25) is 0 Å². The first kappa shape index (κ1) is 36.0. The third-order valence-corrected chi connectivity index (χ3v) is 8.89. The number of rotatable bonds is 13. The Labute approximate surface area is 271 Å². The largest absolute Gasteiger partial charge is 0.396 e. The van der Waals surface area contributed by atoms with Gasteiger partial charge in [-0.25, -0.2) is 0 Å². The predicted octanol–water partition coefficient (Wildman–Crippen LogP) is 3.10. The molecule has 10 atom stereocenters. The zero-order chi connectivity index (χ0) is 33.5. The third-order valence-electron chi connectivity index (χ3n) is 8.89. The summed E-state index contributed by atoms with van der Waals surface area (Å²) in [6.07, 6.45) is -7.12. The summed E-state index contributed by atoms with van der Waals surface area (Å²) in [6, 6.07) is 9.78. The average molecular weight is 657 g/mol. The fourth-order valence-corrected chi connectivity index (χ4v) is 6.80. The van der Waals surface area contributed by atoms with Crippen LogP contribution in [-0.2, 0) is 63.4 Å². The van der Waals surface area contributed by atoms with Crippen LogP contribution in [0, 0.1) is 5.92 Å². The molecule has 0 amide bonds. The lowest BCUT2D eigenvalue weighted by molar-refractivity contribution is -0.414. The van der Waals surface area contributed by atoms with Crippen molar-refractivity contribution >= 4 is 0 Å². The van der Waals surface area contributed by atoms with Crippen LogP contribution in [0.25, 0.3) is 0 Å². The molecule has 0 aromatic heterocycles. The fraction of sp³-hybridized carbons (Fsp3) is 0.818. The Morgan fingerprint density at radius 3 is 2.07 bits per heavy atom. The van der Waals surface area contributed by atoms with E-state index in [0.29, 0.717) is 0 Å². The summed E-state index contributed by atoms with van der Waals surface area (Å²) >= 11 is 0. The lowest BCUT2D eigenvalue weighted by Gasteiger charge is -2.51. The highest BCUT2D eigenvalue weighted by molar-refractivity contribution is 5.14. The maximum atomic E-state index is 10.4. The van der Waals surface area contributed by atoms with Crippen LogP contribution >= 0.6 is 0 Å². The van der Waals surface area contributed by atoms with Gasteiger partial charge in [0.25, 0.3) is 0 Å². The first-order valence-electron chi connectivity index (χ1n) is 15.9. The summed E-state index contributed by atoms with van der Waals surface area (Å²) < 4.78 is 75.8. The first-order valence-corrected chi connectivity index (χ1v) is 15.9. The quantitative estimate of drug-likeness (QED) is 0.313. The second kappa shape index (κ2) is 13.9. The molecule has 5 rings (SSSR count). The van der Waals surface area contributed by atoms with Crippen molar-refractivity contribution in [2.24, 2.45) is 5.92 Å². The van der Waals surface area contributed by atoms with Crippen molar-refractivity contribution in [1.82, 2.24) is 0 Å². The van der Waals surface area contributed by atoms with Gasteiger partial charge in [-0.2, -0.15) is 0 Å². The second-order valence-corrected chi connectivity index (χ2v) is 13.6. The van der Waals surface area contributed by atoms with Gasteiger partial charge in [0.1, 0.15) is 42.7 Å². The number of ether oxygens (including phenoxy) is 12. The molecule has 46 heavy (non-hydrogen) atoms. The van der Waals surface area contributed by atoms with Crippen molar-refractivity contribution < 1.29 is 61.9 Å². The van der Waals surface area contributed by atoms with E-state index in [0.717, 1.165) is 5.56 Å². The van der Waals surface area contributed by atoms with E-state index in [4.69, 9.17) is 56.8 Å². The van der Waals surface area contributed by atoms with E-state index >= 15 is 0 Å². The molecule has 4 aliphatic rings. The number of methoxy groups -OCH3 is 3. The Morgan fingerprint density at radius 1 is 0.826 bits per heavy atom. The van der Waals surface area contributed by atoms with Gasteiger partial charge in [-0.05, 0) is 47.1 Å². The smallest absolute Gasteiger partial charge is 0.205 e. The Hall–Kier alpha value is -1.30. The SMILES string of the molecule is COC(OC)[C@@H]1OC(C)(C)O[C@H]1[C@H](O[C@@H]1O[C@@](OC)([C@H](C)CO)[C@@H]2OC(C)(C)O[C@@H]2[C@H]1OCc1ccccc1)[C@H]1COC(C)(C)O1. The molecule has 4 aliphatic heterocycles. The molecule has 0 radical (unpaired) electrons. The van der Waals surface area contributed by atoms with Gasteiger partial charge < -0.3 is 61.9 Å². The zero-order valence-corrected chi connectivity index (χ0v) is 28.6. The summed E-state index contributed by atoms with van der Waals surface area (Å²) in [4.78, 5) is 0. The van der Waals surface area contributed by atoms with Gasteiger partial charge in [0, 0.05) is 27.2 Å². The number of aliphatic hydroxyl groups excluding tert-OH is 1. The maximum Gasteiger partial charge on any atom is 0.205 e. The number of hydrogen-bond donors (Lipinski definition) is 1. The normalized spacial score (nSPS) is 37.8. The summed E-state index contributed by atoms with van der Waals surface area (Å²) in [7, 11) is 4.59. The van der Waals surface area contributed by atoms with E-state index < -0.39 is 84.4 Å². The molecule has 4 heterocycles. The van der Waals surface area contributed by atoms with Crippen molar-refractivity contribution in [1.29, 1.82) is 0 Å². The van der Waals surface area contributed by atoms with E-state index in [2.05, 4.69) is 0 Å². The van der Waals surface area contributed by atoms with Crippen LogP contribution in [0.3, 0.4) is 0 Å². The summed E-state index contributed by atoms with van der Waals surface area (Å²) in [5, 5.41) is 10.4. The van der Waals surface area contributed by atoms with Gasteiger partial charge in [-0.3, -0.25) is 0 Å². The average Bonchev–Trinajstić information content (AvgIpc) is 3.65. The topological polar surface area (TPSA) is 131 Å². The summed E-state index contributed by atoms with van der Waals surface area (Å²) in [5.74, 6) is -4.90. The van der Waals surface area contributed by atoms with Gasteiger partial charge >= 0.3 is 0 Å². The Balaban J connectivity index is 1.56. The van der Waals surface area contributed by atoms with Crippen molar-refractivity contribution in [2.75, 3.05) is 34.5 Å². The van der Waals surface area contributed by atoms with E-state index in [1.807, 2.05) is 78.8 Å². The number of benzene rings is 1. The number of hydrogen-bond acceptors (Lipinski definition) is 13. The van der Waals surface area contributed by atoms with Crippen molar-refractivity contribution in [3.8, 4) is 0 Å². The van der Waals surface area contributed by atoms with Crippen molar-refractivity contribution in [3.05, 3.63) is 35.9 Å². The summed E-state index contributed by atoms with van der Waals surface area (Å²) in [5.41, 5.74) is 0.950. The van der Waals surface area contributed by atoms with E-state index in [1.54, 1.807) is 0 Å². The van der Waals surface area contributed by atoms with Crippen LogP contribution < -0.4 is 0 Å². The van der Waals surface area contributed by atoms with E-state index in [1.165, 1.54) is 21.3 Å². The van der Waals surface area contributed by atoms with Crippen LogP contribution in [-0.4, -0.2) is 118 Å². The van der Waals surface area contributed by atoms with E-state index in [-0.39, 0.29) is 19.8 Å². The molecular formula is C33H52O13. The molecule has 0 unspecified atom stereocenters. The van der Waals surface area contributed by atoms with Gasteiger partial charge in [0.05, 0.1) is 19.8 Å². The second-order valence-electron chi connectivity index (χ2n) is 13.6.